The Morgan fingerprint density at radius 1 is 1.25 bits per heavy atom. The third-order valence-corrected chi connectivity index (χ3v) is 3.69. The molecule has 0 spiro atoms. The summed E-state index contributed by atoms with van der Waals surface area (Å²) in [4.78, 5) is 0. The van der Waals surface area contributed by atoms with Crippen LogP contribution in [0.4, 0.5) is 5.69 Å². The monoisotopic (exact) mass is 289 g/mol. The van der Waals surface area contributed by atoms with Gasteiger partial charge in [0.25, 0.3) is 0 Å². The van der Waals surface area contributed by atoms with Gasteiger partial charge in [-0.05, 0) is 29.7 Å². The lowest BCUT2D eigenvalue weighted by molar-refractivity contribution is 0.0104. The van der Waals surface area contributed by atoms with Crippen molar-refractivity contribution in [2.45, 2.75) is 12.5 Å². The number of ether oxygens (including phenoxy) is 2. The maximum atomic E-state index is 5.95. The van der Waals surface area contributed by atoms with E-state index in [0.29, 0.717) is 23.1 Å². The SMILES string of the molecule is Nc1ccc(Cl)cc1OCC1OCCc2ccccc21. The van der Waals surface area contributed by atoms with Crippen molar-refractivity contribution < 1.29 is 9.47 Å². The lowest BCUT2D eigenvalue weighted by Crippen LogP contribution is -2.21. The zero-order valence-corrected chi connectivity index (χ0v) is 11.8. The van der Waals surface area contributed by atoms with Crippen molar-refractivity contribution >= 4 is 17.3 Å². The van der Waals surface area contributed by atoms with Gasteiger partial charge >= 0.3 is 0 Å². The summed E-state index contributed by atoms with van der Waals surface area (Å²) in [6.45, 7) is 1.15. The number of rotatable bonds is 3. The Labute approximate surface area is 123 Å². The van der Waals surface area contributed by atoms with E-state index in [1.54, 1.807) is 18.2 Å². The second-order valence-electron chi connectivity index (χ2n) is 4.80. The summed E-state index contributed by atoms with van der Waals surface area (Å²) in [6.07, 6.45) is 0.893. The molecule has 4 heteroatoms. The van der Waals surface area contributed by atoms with Crippen molar-refractivity contribution in [3.8, 4) is 5.75 Å². The number of nitrogens with two attached hydrogens (primary N) is 1. The molecule has 1 aliphatic heterocycles. The molecular formula is C16H16ClNO2. The highest BCUT2D eigenvalue weighted by Crippen LogP contribution is 2.30. The Hall–Kier alpha value is -1.71. The fourth-order valence-corrected chi connectivity index (χ4v) is 2.58. The first-order valence-electron chi connectivity index (χ1n) is 6.61. The van der Waals surface area contributed by atoms with E-state index in [2.05, 4.69) is 18.2 Å². The summed E-state index contributed by atoms with van der Waals surface area (Å²) in [5, 5.41) is 0.610. The Kier molecular flexibility index (Phi) is 3.81. The average molecular weight is 290 g/mol. The van der Waals surface area contributed by atoms with Crippen LogP contribution in [-0.2, 0) is 11.2 Å². The number of hydrogen-bond acceptors (Lipinski definition) is 3. The molecule has 0 aromatic heterocycles. The predicted octanol–water partition coefficient (Wildman–Crippen LogP) is 3.62. The van der Waals surface area contributed by atoms with Gasteiger partial charge < -0.3 is 15.2 Å². The molecule has 2 aromatic carbocycles. The minimum absolute atomic E-state index is 0.0571. The fraction of sp³-hybridized carbons (Fsp3) is 0.250. The van der Waals surface area contributed by atoms with Gasteiger partial charge in [0.15, 0.2) is 0 Å². The van der Waals surface area contributed by atoms with Gasteiger partial charge in [-0.25, -0.2) is 0 Å². The van der Waals surface area contributed by atoms with Gasteiger partial charge in [0.05, 0.1) is 12.3 Å². The summed E-state index contributed by atoms with van der Waals surface area (Å²) in [7, 11) is 0. The Morgan fingerprint density at radius 3 is 3.00 bits per heavy atom. The van der Waals surface area contributed by atoms with Crippen molar-refractivity contribution in [1.29, 1.82) is 0 Å². The molecule has 3 rings (SSSR count). The standard InChI is InChI=1S/C16H16ClNO2/c17-12-5-6-14(18)15(9-12)20-10-16-13-4-2-1-3-11(13)7-8-19-16/h1-6,9,16H,7-8,10,18H2. The molecule has 0 amide bonds. The predicted molar refractivity (Wildman–Crippen MR) is 80.2 cm³/mol. The van der Waals surface area contributed by atoms with Gasteiger partial charge in [-0.3, -0.25) is 0 Å². The van der Waals surface area contributed by atoms with E-state index < -0.39 is 0 Å². The fourth-order valence-electron chi connectivity index (χ4n) is 2.41. The molecule has 3 nitrogen and oxygen atoms in total. The molecule has 1 unspecified atom stereocenters. The van der Waals surface area contributed by atoms with Crippen LogP contribution in [0.2, 0.25) is 5.02 Å². The van der Waals surface area contributed by atoms with Crippen LogP contribution in [0.3, 0.4) is 0 Å². The molecule has 2 aromatic rings. The van der Waals surface area contributed by atoms with Crippen LogP contribution in [0.1, 0.15) is 17.2 Å². The van der Waals surface area contributed by atoms with E-state index in [0.717, 1.165) is 13.0 Å². The first kappa shape index (κ1) is 13.3. The third kappa shape index (κ3) is 2.74. The minimum Gasteiger partial charge on any atom is -0.488 e. The summed E-state index contributed by atoms with van der Waals surface area (Å²) < 4.78 is 11.6. The van der Waals surface area contributed by atoms with Crippen molar-refractivity contribution in [3.63, 3.8) is 0 Å². The molecule has 0 bridgehead atoms. The molecule has 104 valence electrons. The molecule has 1 heterocycles. The Morgan fingerprint density at radius 2 is 2.10 bits per heavy atom. The zero-order chi connectivity index (χ0) is 13.9. The van der Waals surface area contributed by atoms with Crippen LogP contribution in [0, 0.1) is 0 Å². The van der Waals surface area contributed by atoms with Crippen LogP contribution >= 0.6 is 11.6 Å². The lowest BCUT2D eigenvalue weighted by atomic mass is 9.98. The maximum absolute atomic E-state index is 5.95. The van der Waals surface area contributed by atoms with Crippen LogP contribution in [0.5, 0.6) is 5.75 Å². The molecule has 1 atom stereocenters. The van der Waals surface area contributed by atoms with E-state index >= 15 is 0 Å². The Balaban J connectivity index is 1.75. The van der Waals surface area contributed by atoms with E-state index in [-0.39, 0.29) is 6.10 Å². The first-order chi connectivity index (χ1) is 9.74. The van der Waals surface area contributed by atoms with Crippen LogP contribution in [0.15, 0.2) is 42.5 Å². The topological polar surface area (TPSA) is 44.5 Å². The molecule has 20 heavy (non-hydrogen) atoms. The van der Waals surface area contributed by atoms with Gasteiger partial charge in [-0.15, -0.1) is 0 Å². The van der Waals surface area contributed by atoms with E-state index in [1.165, 1.54) is 11.1 Å². The molecule has 2 N–H and O–H groups in total. The van der Waals surface area contributed by atoms with Crippen LogP contribution in [-0.4, -0.2) is 13.2 Å². The smallest absolute Gasteiger partial charge is 0.143 e. The van der Waals surface area contributed by atoms with Crippen molar-refractivity contribution in [2.75, 3.05) is 18.9 Å². The van der Waals surface area contributed by atoms with Gasteiger partial charge in [-0.2, -0.15) is 0 Å². The number of halogens is 1. The molecular weight excluding hydrogens is 274 g/mol. The number of hydrogen-bond donors (Lipinski definition) is 1. The quantitative estimate of drug-likeness (QED) is 0.878. The molecule has 0 saturated carbocycles. The second-order valence-corrected chi connectivity index (χ2v) is 5.24. The van der Waals surface area contributed by atoms with Gasteiger partial charge in [-0.1, -0.05) is 35.9 Å². The summed E-state index contributed by atoms with van der Waals surface area (Å²) in [5.41, 5.74) is 8.98. The minimum atomic E-state index is -0.0571. The number of benzene rings is 2. The first-order valence-corrected chi connectivity index (χ1v) is 6.99. The molecule has 0 saturated heterocycles. The molecule has 0 radical (unpaired) electrons. The Bertz CT molecular complexity index is 615. The maximum Gasteiger partial charge on any atom is 0.143 e. The highest BCUT2D eigenvalue weighted by molar-refractivity contribution is 6.30. The lowest BCUT2D eigenvalue weighted by Gasteiger charge is -2.26. The zero-order valence-electron chi connectivity index (χ0n) is 11.0. The normalized spacial score (nSPS) is 17.6. The van der Waals surface area contributed by atoms with Crippen LogP contribution < -0.4 is 10.5 Å². The van der Waals surface area contributed by atoms with E-state index in [4.69, 9.17) is 26.8 Å². The summed E-state index contributed by atoms with van der Waals surface area (Å²) in [5.74, 6) is 0.601. The number of fused-ring (bicyclic) bond motifs is 1. The molecule has 0 aliphatic carbocycles. The van der Waals surface area contributed by atoms with Gasteiger partial charge in [0.1, 0.15) is 18.5 Å². The van der Waals surface area contributed by atoms with Gasteiger partial charge in [0.2, 0.25) is 0 Å². The summed E-state index contributed by atoms with van der Waals surface area (Å²) in [6, 6.07) is 13.5. The van der Waals surface area contributed by atoms with Crippen molar-refractivity contribution in [2.24, 2.45) is 0 Å². The van der Waals surface area contributed by atoms with Gasteiger partial charge in [0, 0.05) is 11.1 Å². The van der Waals surface area contributed by atoms with E-state index in [1.807, 2.05) is 6.07 Å². The highest BCUT2D eigenvalue weighted by Gasteiger charge is 2.21. The number of nitrogen functional groups attached to an aromatic ring is 1. The largest absolute Gasteiger partial charge is 0.488 e. The van der Waals surface area contributed by atoms with E-state index in [9.17, 15) is 0 Å². The molecule has 1 aliphatic rings. The van der Waals surface area contributed by atoms with Crippen molar-refractivity contribution in [1.82, 2.24) is 0 Å². The second kappa shape index (κ2) is 5.73. The van der Waals surface area contributed by atoms with Crippen molar-refractivity contribution in [3.05, 3.63) is 58.6 Å². The van der Waals surface area contributed by atoms with Crippen LogP contribution in [0.25, 0.3) is 0 Å². The summed E-state index contributed by atoms with van der Waals surface area (Å²) >= 11 is 5.95. The average Bonchev–Trinajstić information content (AvgIpc) is 2.48. The highest BCUT2D eigenvalue weighted by atomic mass is 35.5. The molecule has 0 fully saturated rings. The third-order valence-electron chi connectivity index (χ3n) is 3.46. The number of anilines is 1.